The molecule has 0 aromatic heterocycles. The SMILES string of the molecule is COc1c(C)cc(Br)c(C)c1CCCCCN. The minimum absolute atomic E-state index is 0.785. The highest BCUT2D eigenvalue weighted by molar-refractivity contribution is 9.10. The first kappa shape index (κ1) is 14.5. The zero-order chi connectivity index (χ0) is 12.8. The average molecular weight is 300 g/mol. The molecule has 1 rings (SSSR count). The van der Waals surface area contributed by atoms with Crippen molar-refractivity contribution in [2.75, 3.05) is 13.7 Å². The van der Waals surface area contributed by atoms with Crippen LogP contribution in [0.2, 0.25) is 0 Å². The van der Waals surface area contributed by atoms with Gasteiger partial charge in [-0.2, -0.15) is 0 Å². The smallest absolute Gasteiger partial charge is 0.125 e. The van der Waals surface area contributed by atoms with Gasteiger partial charge in [-0.3, -0.25) is 0 Å². The van der Waals surface area contributed by atoms with Gasteiger partial charge in [-0.05, 0) is 62.4 Å². The Kier molecular flexibility index (Phi) is 6.00. The molecule has 0 fully saturated rings. The molecule has 0 radical (unpaired) electrons. The van der Waals surface area contributed by atoms with E-state index < -0.39 is 0 Å². The number of aryl methyl sites for hydroxylation is 1. The summed E-state index contributed by atoms with van der Waals surface area (Å²) in [6, 6.07) is 2.12. The number of hydrogen-bond acceptors (Lipinski definition) is 2. The summed E-state index contributed by atoms with van der Waals surface area (Å²) in [4.78, 5) is 0. The lowest BCUT2D eigenvalue weighted by Crippen LogP contribution is -2.01. The summed E-state index contributed by atoms with van der Waals surface area (Å²) in [6.07, 6.45) is 4.53. The summed E-state index contributed by atoms with van der Waals surface area (Å²) >= 11 is 3.61. The van der Waals surface area contributed by atoms with Crippen LogP contribution in [0.15, 0.2) is 10.5 Å². The molecule has 1 aromatic rings. The number of nitrogens with two attached hydrogens (primary N) is 1. The average Bonchev–Trinajstić information content (AvgIpc) is 2.30. The van der Waals surface area contributed by atoms with Crippen LogP contribution in [0, 0.1) is 13.8 Å². The molecular weight excluding hydrogens is 278 g/mol. The maximum atomic E-state index is 5.52. The van der Waals surface area contributed by atoms with E-state index in [0.29, 0.717) is 0 Å². The molecule has 0 saturated heterocycles. The van der Waals surface area contributed by atoms with Gasteiger partial charge in [0, 0.05) is 4.47 Å². The fourth-order valence-electron chi connectivity index (χ4n) is 2.12. The lowest BCUT2D eigenvalue weighted by Gasteiger charge is -2.16. The van der Waals surface area contributed by atoms with Crippen molar-refractivity contribution in [1.29, 1.82) is 0 Å². The summed E-state index contributed by atoms with van der Waals surface area (Å²) in [5.41, 5.74) is 9.33. The molecule has 0 bridgehead atoms. The lowest BCUT2D eigenvalue weighted by atomic mass is 9.98. The topological polar surface area (TPSA) is 35.2 Å². The Morgan fingerprint density at radius 2 is 1.94 bits per heavy atom. The largest absolute Gasteiger partial charge is 0.496 e. The molecule has 0 aliphatic rings. The Morgan fingerprint density at radius 3 is 2.53 bits per heavy atom. The van der Waals surface area contributed by atoms with Gasteiger partial charge in [-0.25, -0.2) is 0 Å². The predicted octanol–water partition coefficient (Wildman–Crippen LogP) is 3.75. The lowest BCUT2D eigenvalue weighted by molar-refractivity contribution is 0.405. The number of methoxy groups -OCH3 is 1. The molecule has 0 amide bonds. The minimum Gasteiger partial charge on any atom is -0.496 e. The van der Waals surface area contributed by atoms with Crippen molar-refractivity contribution in [3.63, 3.8) is 0 Å². The van der Waals surface area contributed by atoms with Gasteiger partial charge in [0.2, 0.25) is 0 Å². The molecule has 0 aliphatic carbocycles. The van der Waals surface area contributed by atoms with E-state index in [2.05, 4.69) is 35.8 Å². The number of benzene rings is 1. The van der Waals surface area contributed by atoms with E-state index in [4.69, 9.17) is 10.5 Å². The first-order valence-corrected chi connectivity index (χ1v) is 6.93. The van der Waals surface area contributed by atoms with E-state index >= 15 is 0 Å². The first-order valence-electron chi connectivity index (χ1n) is 6.14. The van der Waals surface area contributed by atoms with Gasteiger partial charge in [0.15, 0.2) is 0 Å². The fraction of sp³-hybridized carbons (Fsp3) is 0.571. The van der Waals surface area contributed by atoms with E-state index in [1.54, 1.807) is 7.11 Å². The van der Waals surface area contributed by atoms with Crippen LogP contribution in [0.5, 0.6) is 5.75 Å². The third-order valence-electron chi connectivity index (χ3n) is 3.12. The quantitative estimate of drug-likeness (QED) is 0.812. The van der Waals surface area contributed by atoms with Gasteiger partial charge in [0.25, 0.3) is 0 Å². The third-order valence-corrected chi connectivity index (χ3v) is 3.95. The van der Waals surface area contributed by atoms with Crippen LogP contribution in [0.4, 0.5) is 0 Å². The standard InChI is InChI=1S/C14H22BrNO/c1-10-9-13(15)11(2)12(14(10)17-3)7-5-4-6-8-16/h9H,4-8,16H2,1-3H3. The van der Waals surface area contributed by atoms with Crippen molar-refractivity contribution < 1.29 is 4.74 Å². The maximum absolute atomic E-state index is 5.52. The molecule has 0 spiro atoms. The van der Waals surface area contributed by atoms with E-state index in [-0.39, 0.29) is 0 Å². The van der Waals surface area contributed by atoms with Crippen molar-refractivity contribution in [3.8, 4) is 5.75 Å². The van der Waals surface area contributed by atoms with Crippen molar-refractivity contribution in [1.82, 2.24) is 0 Å². The molecule has 3 heteroatoms. The van der Waals surface area contributed by atoms with Gasteiger partial charge in [-0.1, -0.05) is 22.4 Å². The van der Waals surface area contributed by atoms with E-state index in [0.717, 1.165) is 25.1 Å². The van der Waals surface area contributed by atoms with Crippen molar-refractivity contribution >= 4 is 15.9 Å². The Bertz CT molecular complexity index is 377. The highest BCUT2D eigenvalue weighted by atomic mass is 79.9. The molecule has 0 heterocycles. The first-order chi connectivity index (χ1) is 8.11. The number of halogens is 1. The number of rotatable bonds is 6. The van der Waals surface area contributed by atoms with Crippen LogP contribution in [0.1, 0.15) is 36.0 Å². The summed E-state index contributed by atoms with van der Waals surface area (Å²) in [5, 5.41) is 0. The Balaban J connectivity index is 2.87. The number of unbranched alkanes of at least 4 members (excludes halogenated alkanes) is 2. The van der Waals surface area contributed by atoms with Crippen LogP contribution in [-0.4, -0.2) is 13.7 Å². The predicted molar refractivity (Wildman–Crippen MR) is 76.8 cm³/mol. The second-order valence-corrected chi connectivity index (χ2v) is 5.27. The second kappa shape index (κ2) is 7.02. The fourth-order valence-corrected chi connectivity index (χ4v) is 2.71. The molecule has 17 heavy (non-hydrogen) atoms. The zero-order valence-electron chi connectivity index (χ0n) is 11.0. The summed E-state index contributed by atoms with van der Waals surface area (Å²) in [7, 11) is 1.75. The molecule has 2 N–H and O–H groups in total. The van der Waals surface area contributed by atoms with Crippen LogP contribution >= 0.6 is 15.9 Å². The van der Waals surface area contributed by atoms with Crippen LogP contribution in [0.3, 0.4) is 0 Å². The van der Waals surface area contributed by atoms with E-state index in [9.17, 15) is 0 Å². The van der Waals surface area contributed by atoms with Crippen molar-refractivity contribution in [3.05, 3.63) is 27.2 Å². The van der Waals surface area contributed by atoms with Crippen molar-refractivity contribution in [2.24, 2.45) is 5.73 Å². The van der Waals surface area contributed by atoms with E-state index in [1.165, 1.54) is 34.0 Å². The molecule has 0 unspecified atom stereocenters. The van der Waals surface area contributed by atoms with Gasteiger partial charge < -0.3 is 10.5 Å². The molecule has 0 aliphatic heterocycles. The molecular formula is C14H22BrNO. The molecule has 0 saturated carbocycles. The third kappa shape index (κ3) is 3.71. The molecule has 0 atom stereocenters. The number of ether oxygens (including phenoxy) is 1. The highest BCUT2D eigenvalue weighted by Crippen LogP contribution is 2.33. The zero-order valence-corrected chi connectivity index (χ0v) is 12.6. The monoisotopic (exact) mass is 299 g/mol. The molecule has 2 nitrogen and oxygen atoms in total. The van der Waals surface area contributed by atoms with Gasteiger partial charge in [0.05, 0.1) is 7.11 Å². The summed E-state index contributed by atoms with van der Waals surface area (Å²) in [5.74, 6) is 1.04. The summed E-state index contributed by atoms with van der Waals surface area (Å²) < 4.78 is 6.69. The van der Waals surface area contributed by atoms with Crippen LogP contribution in [0.25, 0.3) is 0 Å². The molecule has 96 valence electrons. The minimum atomic E-state index is 0.785. The highest BCUT2D eigenvalue weighted by Gasteiger charge is 2.12. The van der Waals surface area contributed by atoms with Gasteiger partial charge >= 0.3 is 0 Å². The van der Waals surface area contributed by atoms with E-state index in [1.807, 2.05) is 0 Å². The summed E-state index contributed by atoms with van der Waals surface area (Å²) in [6.45, 7) is 5.02. The van der Waals surface area contributed by atoms with Crippen LogP contribution < -0.4 is 10.5 Å². The second-order valence-electron chi connectivity index (χ2n) is 4.41. The van der Waals surface area contributed by atoms with Gasteiger partial charge in [0.1, 0.15) is 5.75 Å². The normalized spacial score (nSPS) is 10.6. The van der Waals surface area contributed by atoms with Gasteiger partial charge in [-0.15, -0.1) is 0 Å². The Morgan fingerprint density at radius 1 is 1.24 bits per heavy atom. The maximum Gasteiger partial charge on any atom is 0.125 e. The van der Waals surface area contributed by atoms with Crippen molar-refractivity contribution in [2.45, 2.75) is 39.5 Å². The van der Waals surface area contributed by atoms with Crippen LogP contribution in [-0.2, 0) is 6.42 Å². The Labute approximate surface area is 113 Å². The number of hydrogen-bond donors (Lipinski definition) is 1. The Hall–Kier alpha value is -0.540. The molecule has 1 aromatic carbocycles.